The van der Waals surface area contributed by atoms with Crippen molar-refractivity contribution < 1.29 is 4.79 Å². The molecule has 2 amide bonds. The molecule has 1 atom stereocenters. The molecule has 1 aliphatic heterocycles. The first-order chi connectivity index (χ1) is 12.7. The van der Waals surface area contributed by atoms with Crippen molar-refractivity contribution in [1.29, 1.82) is 0 Å². The number of amides is 2. The van der Waals surface area contributed by atoms with Gasteiger partial charge in [-0.3, -0.25) is 5.10 Å². The Morgan fingerprint density at radius 2 is 2.08 bits per heavy atom. The Balaban J connectivity index is 1.49. The van der Waals surface area contributed by atoms with Crippen LogP contribution in [0.3, 0.4) is 0 Å². The van der Waals surface area contributed by atoms with Crippen molar-refractivity contribution in [2.24, 2.45) is 0 Å². The molecule has 6 nitrogen and oxygen atoms in total. The van der Waals surface area contributed by atoms with Crippen LogP contribution >= 0.6 is 0 Å². The van der Waals surface area contributed by atoms with Crippen molar-refractivity contribution in [3.8, 4) is 5.69 Å². The van der Waals surface area contributed by atoms with Crippen LogP contribution in [0.5, 0.6) is 0 Å². The smallest absolute Gasteiger partial charge is 0.321 e. The number of H-pyrrole nitrogens is 1. The number of likely N-dealkylation sites (tertiary alicyclic amines) is 1. The van der Waals surface area contributed by atoms with E-state index in [9.17, 15) is 4.79 Å². The van der Waals surface area contributed by atoms with Crippen LogP contribution in [0.15, 0.2) is 55.0 Å². The minimum absolute atomic E-state index is 0.0398. The van der Waals surface area contributed by atoms with Gasteiger partial charge in [0, 0.05) is 54.7 Å². The molecule has 1 aromatic carbocycles. The molecule has 1 aliphatic rings. The van der Waals surface area contributed by atoms with E-state index >= 15 is 0 Å². The number of urea groups is 1. The van der Waals surface area contributed by atoms with Crippen molar-refractivity contribution in [3.63, 3.8) is 0 Å². The predicted molar refractivity (Wildman–Crippen MR) is 102 cm³/mol. The number of nitrogens with zero attached hydrogens (tertiary/aromatic N) is 3. The fourth-order valence-corrected chi connectivity index (χ4v) is 3.64. The molecule has 134 valence electrons. The summed E-state index contributed by atoms with van der Waals surface area (Å²) < 4.78 is 2.06. The van der Waals surface area contributed by atoms with Crippen molar-refractivity contribution in [2.45, 2.75) is 25.7 Å². The summed E-state index contributed by atoms with van der Waals surface area (Å²) in [5.74, 6) is 0.323. The van der Waals surface area contributed by atoms with Crippen LogP contribution in [-0.4, -0.2) is 38.8 Å². The number of anilines is 1. The van der Waals surface area contributed by atoms with E-state index in [1.165, 1.54) is 0 Å². The highest BCUT2D eigenvalue weighted by Gasteiger charge is 2.25. The van der Waals surface area contributed by atoms with E-state index in [0.717, 1.165) is 42.0 Å². The number of carbonyl (C=O) groups is 1. The first-order valence-corrected chi connectivity index (χ1v) is 9.00. The summed E-state index contributed by atoms with van der Waals surface area (Å²) in [5.41, 5.74) is 4.08. The van der Waals surface area contributed by atoms with E-state index in [1.807, 2.05) is 54.5 Å². The van der Waals surface area contributed by atoms with Gasteiger partial charge in [-0.2, -0.15) is 5.10 Å². The molecule has 2 aromatic heterocycles. The molecule has 0 aliphatic carbocycles. The Morgan fingerprint density at radius 3 is 2.85 bits per heavy atom. The van der Waals surface area contributed by atoms with E-state index < -0.39 is 0 Å². The molecule has 0 bridgehead atoms. The lowest BCUT2D eigenvalue weighted by atomic mass is 9.95. The monoisotopic (exact) mass is 349 g/mol. The van der Waals surface area contributed by atoms with Gasteiger partial charge in [0.25, 0.3) is 0 Å². The van der Waals surface area contributed by atoms with Gasteiger partial charge in [0.15, 0.2) is 0 Å². The van der Waals surface area contributed by atoms with Crippen LogP contribution in [0.1, 0.15) is 30.0 Å². The first-order valence-electron chi connectivity index (χ1n) is 9.00. The normalized spacial score (nSPS) is 17.3. The van der Waals surface area contributed by atoms with Crippen molar-refractivity contribution >= 4 is 11.7 Å². The molecule has 3 aromatic rings. The highest BCUT2D eigenvalue weighted by Crippen LogP contribution is 2.27. The lowest BCUT2D eigenvalue weighted by Gasteiger charge is -2.32. The average Bonchev–Trinajstić information content (AvgIpc) is 3.37. The maximum Gasteiger partial charge on any atom is 0.321 e. The molecule has 2 N–H and O–H groups in total. The maximum absolute atomic E-state index is 12.8. The number of nitrogens with one attached hydrogen (secondary N) is 2. The number of piperidine rings is 1. The third kappa shape index (κ3) is 3.22. The summed E-state index contributed by atoms with van der Waals surface area (Å²) in [6.45, 7) is 3.53. The molecular weight excluding hydrogens is 326 g/mol. The highest BCUT2D eigenvalue weighted by atomic mass is 16.2. The molecule has 0 saturated carbocycles. The molecule has 1 fully saturated rings. The second-order valence-corrected chi connectivity index (χ2v) is 6.77. The van der Waals surface area contributed by atoms with E-state index in [4.69, 9.17) is 0 Å². The topological polar surface area (TPSA) is 66.0 Å². The van der Waals surface area contributed by atoms with Crippen LogP contribution < -0.4 is 5.32 Å². The molecular formula is C20H23N5O. The first kappa shape index (κ1) is 16.4. The van der Waals surface area contributed by atoms with Crippen molar-refractivity contribution in [1.82, 2.24) is 19.7 Å². The van der Waals surface area contributed by atoms with Gasteiger partial charge in [-0.15, -0.1) is 0 Å². The molecule has 4 rings (SSSR count). The number of hydrogen-bond donors (Lipinski definition) is 2. The van der Waals surface area contributed by atoms with Gasteiger partial charge >= 0.3 is 6.03 Å². The number of aromatic amines is 1. The van der Waals surface area contributed by atoms with Gasteiger partial charge in [-0.25, -0.2) is 4.79 Å². The fourth-order valence-electron chi connectivity index (χ4n) is 3.64. The standard InChI is InChI=1S/C20H23N5O/c1-15-17(7-4-8-19(15)24-11-2-3-12-24)22-20(26)25-13-5-6-16(14-25)18-9-10-21-23-18/h2-4,7-12,16H,5-6,13-14H2,1H3,(H,21,23)(H,22,26). The minimum Gasteiger partial charge on any atom is -0.324 e. The third-order valence-electron chi connectivity index (χ3n) is 5.10. The van der Waals surface area contributed by atoms with Crippen LogP contribution in [0, 0.1) is 6.92 Å². The Bertz CT molecular complexity index is 870. The highest BCUT2D eigenvalue weighted by molar-refractivity contribution is 5.90. The minimum atomic E-state index is -0.0398. The molecule has 1 saturated heterocycles. The van der Waals surface area contributed by atoms with Gasteiger partial charge in [-0.1, -0.05) is 6.07 Å². The van der Waals surface area contributed by atoms with Gasteiger partial charge in [0.05, 0.1) is 0 Å². The lowest BCUT2D eigenvalue weighted by molar-refractivity contribution is 0.192. The Morgan fingerprint density at radius 1 is 1.23 bits per heavy atom. The van der Waals surface area contributed by atoms with E-state index in [0.29, 0.717) is 12.5 Å². The SMILES string of the molecule is Cc1c(NC(=O)N2CCCC(c3ccn[nH]3)C2)cccc1-n1cccc1. The molecule has 0 radical (unpaired) electrons. The summed E-state index contributed by atoms with van der Waals surface area (Å²) in [5, 5.41) is 10.2. The summed E-state index contributed by atoms with van der Waals surface area (Å²) in [4.78, 5) is 14.7. The van der Waals surface area contributed by atoms with Gasteiger partial charge in [0.2, 0.25) is 0 Å². The van der Waals surface area contributed by atoms with Gasteiger partial charge < -0.3 is 14.8 Å². The second kappa shape index (κ2) is 7.07. The molecule has 3 heterocycles. The van der Waals surface area contributed by atoms with E-state index in [-0.39, 0.29) is 6.03 Å². The third-order valence-corrected chi connectivity index (χ3v) is 5.10. The van der Waals surface area contributed by atoms with Crippen molar-refractivity contribution in [3.05, 3.63) is 66.2 Å². The number of benzene rings is 1. The molecule has 26 heavy (non-hydrogen) atoms. The van der Waals surface area contributed by atoms with Crippen molar-refractivity contribution in [2.75, 3.05) is 18.4 Å². The van der Waals surface area contributed by atoms with Crippen LogP contribution in [-0.2, 0) is 0 Å². The Hall–Kier alpha value is -3.02. The Kier molecular flexibility index (Phi) is 4.48. The summed E-state index contributed by atoms with van der Waals surface area (Å²) >= 11 is 0. The second-order valence-electron chi connectivity index (χ2n) is 6.77. The fraction of sp³-hybridized carbons (Fsp3) is 0.300. The number of rotatable bonds is 3. The number of carbonyl (C=O) groups excluding carboxylic acids is 1. The van der Waals surface area contributed by atoms with E-state index in [1.54, 1.807) is 6.20 Å². The van der Waals surface area contributed by atoms with E-state index in [2.05, 4.69) is 26.1 Å². The maximum atomic E-state index is 12.8. The zero-order valence-electron chi connectivity index (χ0n) is 14.9. The largest absolute Gasteiger partial charge is 0.324 e. The summed E-state index contributed by atoms with van der Waals surface area (Å²) in [6.07, 6.45) is 7.86. The van der Waals surface area contributed by atoms with Gasteiger partial charge in [0.1, 0.15) is 0 Å². The van der Waals surface area contributed by atoms with Crippen LogP contribution in [0.2, 0.25) is 0 Å². The zero-order valence-corrected chi connectivity index (χ0v) is 14.9. The molecule has 0 spiro atoms. The number of aromatic nitrogens is 3. The van der Waals surface area contributed by atoms with Crippen LogP contribution in [0.25, 0.3) is 5.69 Å². The average molecular weight is 349 g/mol. The summed E-state index contributed by atoms with van der Waals surface area (Å²) in [7, 11) is 0. The molecule has 1 unspecified atom stereocenters. The Labute approximate surface area is 152 Å². The quantitative estimate of drug-likeness (QED) is 0.753. The zero-order chi connectivity index (χ0) is 17.9. The number of hydrogen-bond acceptors (Lipinski definition) is 2. The predicted octanol–water partition coefficient (Wildman–Crippen LogP) is 3.92. The molecule has 6 heteroatoms. The summed E-state index contributed by atoms with van der Waals surface area (Å²) in [6, 6.07) is 11.9. The van der Waals surface area contributed by atoms with Gasteiger partial charge in [-0.05, 0) is 55.7 Å². The van der Waals surface area contributed by atoms with Crippen LogP contribution in [0.4, 0.5) is 10.5 Å². The lowest BCUT2D eigenvalue weighted by Crippen LogP contribution is -2.41.